The standard InChI is InChI=1S/C25H42O5/c1-5-8-10-12-14-16-18-22(26)29-24-20(4)28-21(7-3)25(24)30-23(27)19-17-15-13-11-9-6-2/h5-19H2,1-4H3. The number of aryl methyl sites for hydroxylation is 2. The fourth-order valence-corrected chi connectivity index (χ4v) is 3.45. The van der Waals surface area contributed by atoms with Crippen LogP contribution >= 0.6 is 0 Å². The number of hydrogen-bond acceptors (Lipinski definition) is 5. The van der Waals surface area contributed by atoms with Crippen molar-refractivity contribution >= 4 is 11.9 Å². The molecule has 1 aromatic rings. The van der Waals surface area contributed by atoms with Crippen LogP contribution in [-0.4, -0.2) is 11.9 Å². The summed E-state index contributed by atoms with van der Waals surface area (Å²) in [6.45, 7) is 8.03. The molecule has 0 radical (unpaired) electrons. The average molecular weight is 423 g/mol. The summed E-state index contributed by atoms with van der Waals surface area (Å²) >= 11 is 0. The van der Waals surface area contributed by atoms with Crippen molar-refractivity contribution in [1.29, 1.82) is 0 Å². The lowest BCUT2D eigenvalue weighted by atomic mass is 10.1. The van der Waals surface area contributed by atoms with Gasteiger partial charge in [-0.3, -0.25) is 9.59 Å². The summed E-state index contributed by atoms with van der Waals surface area (Å²) in [6.07, 6.45) is 14.6. The minimum absolute atomic E-state index is 0.263. The Kier molecular flexibility index (Phi) is 14.0. The van der Waals surface area contributed by atoms with Crippen molar-refractivity contribution in [3.8, 4) is 11.5 Å². The van der Waals surface area contributed by atoms with Gasteiger partial charge in [-0.1, -0.05) is 85.0 Å². The number of carbonyl (C=O) groups excluding carboxylic acids is 2. The quantitative estimate of drug-likeness (QED) is 0.192. The maximum absolute atomic E-state index is 12.3. The molecule has 1 heterocycles. The molecule has 0 aliphatic rings. The van der Waals surface area contributed by atoms with Crippen LogP contribution in [0.2, 0.25) is 0 Å². The van der Waals surface area contributed by atoms with Gasteiger partial charge < -0.3 is 13.9 Å². The van der Waals surface area contributed by atoms with E-state index in [0.29, 0.717) is 30.8 Å². The number of hydrogen-bond donors (Lipinski definition) is 0. The third kappa shape index (κ3) is 10.3. The van der Waals surface area contributed by atoms with Crippen molar-refractivity contribution in [3.63, 3.8) is 0 Å². The Morgan fingerprint density at radius 2 is 1.10 bits per heavy atom. The molecule has 0 aliphatic carbocycles. The van der Waals surface area contributed by atoms with E-state index in [1.54, 1.807) is 6.92 Å². The zero-order valence-corrected chi connectivity index (χ0v) is 19.6. The third-order valence-electron chi connectivity index (χ3n) is 5.28. The van der Waals surface area contributed by atoms with Crippen LogP contribution in [0.4, 0.5) is 0 Å². The molecule has 1 rings (SSSR count). The van der Waals surface area contributed by atoms with Crippen molar-refractivity contribution in [3.05, 3.63) is 11.5 Å². The maximum Gasteiger partial charge on any atom is 0.311 e. The Bertz CT molecular complexity index is 617. The fourth-order valence-electron chi connectivity index (χ4n) is 3.45. The zero-order chi connectivity index (χ0) is 22.2. The monoisotopic (exact) mass is 422 g/mol. The molecule has 0 atom stereocenters. The summed E-state index contributed by atoms with van der Waals surface area (Å²) in [5.41, 5.74) is 0. The number of unbranched alkanes of at least 4 members (excludes halogenated alkanes) is 10. The maximum atomic E-state index is 12.3. The highest BCUT2D eigenvalue weighted by Gasteiger charge is 2.24. The van der Waals surface area contributed by atoms with E-state index in [2.05, 4.69) is 13.8 Å². The summed E-state index contributed by atoms with van der Waals surface area (Å²) in [4.78, 5) is 24.6. The Labute approximate surface area is 182 Å². The summed E-state index contributed by atoms with van der Waals surface area (Å²) < 4.78 is 16.8. The highest BCUT2D eigenvalue weighted by Crippen LogP contribution is 2.38. The van der Waals surface area contributed by atoms with Gasteiger partial charge in [-0.05, 0) is 19.8 Å². The molecule has 0 fully saturated rings. The molecule has 0 spiro atoms. The van der Waals surface area contributed by atoms with E-state index >= 15 is 0 Å². The molecule has 0 unspecified atom stereocenters. The van der Waals surface area contributed by atoms with Crippen LogP contribution in [0, 0.1) is 6.92 Å². The summed E-state index contributed by atoms with van der Waals surface area (Å²) in [5.74, 6) is 0.970. The number of furan rings is 1. The summed E-state index contributed by atoms with van der Waals surface area (Å²) in [6, 6.07) is 0. The van der Waals surface area contributed by atoms with E-state index in [0.717, 1.165) is 38.5 Å². The molecule has 0 N–H and O–H groups in total. The normalized spacial score (nSPS) is 10.9. The molecule has 5 heteroatoms. The molecule has 172 valence electrons. The van der Waals surface area contributed by atoms with Crippen molar-refractivity contribution in [2.24, 2.45) is 0 Å². The predicted octanol–water partition coefficient (Wildman–Crippen LogP) is 7.46. The van der Waals surface area contributed by atoms with Gasteiger partial charge in [-0.2, -0.15) is 0 Å². The largest absolute Gasteiger partial charge is 0.458 e. The van der Waals surface area contributed by atoms with Gasteiger partial charge in [-0.15, -0.1) is 0 Å². The minimum atomic E-state index is -0.301. The van der Waals surface area contributed by atoms with Gasteiger partial charge in [0.15, 0.2) is 5.76 Å². The van der Waals surface area contributed by atoms with E-state index in [4.69, 9.17) is 13.9 Å². The van der Waals surface area contributed by atoms with Crippen molar-refractivity contribution < 1.29 is 23.5 Å². The Morgan fingerprint density at radius 1 is 0.667 bits per heavy atom. The van der Waals surface area contributed by atoms with Crippen molar-refractivity contribution in [1.82, 2.24) is 0 Å². The first-order chi connectivity index (χ1) is 14.5. The van der Waals surface area contributed by atoms with Crippen molar-refractivity contribution in [2.45, 2.75) is 124 Å². The van der Waals surface area contributed by atoms with Gasteiger partial charge in [-0.25, -0.2) is 0 Å². The van der Waals surface area contributed by atoms with E-state index in [1.165, 1.54) is 38.5 Å². The number of carbonyl (C=O) groups is 2. The van der Waals surface area contributed by atoms with E-state index < -0.39 is 0 Å². The zero-order valence-electron chi connectivity index (χ0n) is 19.6. The van der Waals surface area contributed by atoms with Gasteiger partial charge >= 0.3 is 11.9 Å². The lowest BCUT2D eigenvalue weighted by Gasteiger charge is -2.08. The predicted molar refractivity (Wildman–Crippen MR) is 120 cm³/mol. The first kappa shape index (κ1) is 26.3. The molecule has 0 saturated heterocycles. The molecule has 5 nitrogen and oxygen atoms in total. The summed E-state index contributed by atoms with van der Waals surface area (Å²) in [7, 11) is 0. The first-order valence-electron chi connectivity index (χ1n) is 12.1. The Morgan fingerprint density at radius 3 is 1.57 bits per heavy atom. The molecule has 1 aromatic heterocycles. The second kappa shape index (κ2) is 16.0. The lowest BCUT2D eigenvalue weighted by molar-refractivity contribution is -0.137. The third-order valence-corrected chi connectivity index (χ3v) is 5.28. The minimum Gasteiger partial charge on any atom is -0.458 e. The van der Waals surface area contributed by atoms with Crippen LogP contribution in [0.5, 0.6) is 11.5 Å². The molecule has 0 aliphatic heterocycles. The average Bonchev–Trinajstić information content (AvgIpc) is 3.02. The Hall–Kier alpha value is -1.78. The smallest absolute Gasteiger partial charge is 0.311 e. The highest BCUT2D eigenvalue weighted by atomic mass is 16.6. The van der Waals surface area contributed by atoms with Crippen LogP contribution < -0.4 is 9.47 Å². The van der Waals surface area contributed by atoms with Gasteiger partial charge in [0.2, 0.25) is 11.5 Å². The van der Waals surface area contributed by atoms with Crippen molar-refractivity contribution in [2.75, 3.05) is 0 Å². The molecular weight excluding hydrogens is 380 g/mol. The van der Waals surface area contributed by atoms with Gasteiger partial charge in [0.05, 0.1) is 0 Å². The van der Waals surface area contributed by atoms with Gasteiger partial charge in [0, 0.05) is 19.3 Å². The van der Waals surface area contributed by atoms with E-state index in [1.807, 2.05) is 6.92 Å². The van der Waals surface area contributed by atoms with Gasteiger partial charge in [0.25, 0.3) is 0 Å². The number of ether oxygens (including phenoxy) is 2. The topological polar surface area (TPSA) is 65.7 Å². The molecule has 0 aromatic carbocycles. The fraction of sp³-hybridized carbons (Fsp3) is 0.760. The van der Waals surface area contributed by atoms with Crippen LogP contribution in [0.15, 0.2) is 4.42 Å². The Balaban J connectivity index is 2.53. The molecule has 30 heavy (non-hydrogen) atoms. The van der Waals surface area contributed by atoms with E-state index in [-0.39, 0.29) is 23.4 Å². The van der Waals surface area contributed by atoms with Crippen LogP contribution in [0.3, 0.4) is 0 Å². The lowest BCUT2D eigenvalue weighted by Crippen LogP contribution is -2.12. The molecular formula is C25H42O5. The van der Waals surface area contributed by atoms with Crippen LogP contribution in [0.25, 0.3) is 0 Å². The highest BCUT2D eigenvalue weighted by molar-refractivity contribution is 5.77. The first-order valence-corrected chi connectivity index (χ1v) is 12.1. The second-order valence-corrected chi connectivity index (χ2v) is 8.08. The molecule has 0 bridgehead atoms. The number of esters is 2. The number of rotatable bonds is 17. The SMILES string of the molecule is CCCCCCCCC(=O)Oc1c(C)oc(CC)c1OC(=O)CCCCCCCC. The molecule has 0 saturated carbocycles. The van der Waals surface area contributed by atoms with Crippen LogP contribution in [0.1, 0.15) is 122 Å². The molecule has 0 amide bonds. The second-order valence-electron chi connectivity index (χ2n) is 8.08. The van der Waals surface area contributed by atoms with Crippen LogP contribution in [-0.2, 0) is 16.0 Å². The summed E-state index contributed by atoms with van der Waals surface area (Å²) in [5, 5.41) is 0. The van der Waals surface area contributed by atoms with Gasteiger partial charge in [0.1, 0.15) is 5.76 Å². The van der Waals surface area contributed by atoms with E-state index in [9.17, 15) is 9.59 Å².